The van der Waals surface area contributed by atoms with E-state index in [1.54, 1.807) is 31.4 Å². The number of fused-ring (bicyclic) bond motifs is 1. The van der Waals surface area contributed by atoms with Gasteiger partial charge in [-0.1, -0.05) is 60.1 Å². The van der Waals surface area contributed by atoms with Gasteiger partial charge in [0.1, 0.15) is 5.70 Å². The average molecular weight is 421 g/mol. The molecule has 1 N–H and O–H groups in total. The van der Waals surface area contributed by atoms with Crippen LogP contribution in [-0.2, 0) is 14.3 Å². The van der Waals surface area contributed by atoms with E-state index in [-0.39, 0.29) is 17.5 Å². The molecule has 0 aliphatic carbocycles. The highest BCUT2D eigenvalue weighted by atomic mass is 35.5. The number of imide groups is 1. The van der Waals surface area contributed by atoms with Gasteiger partial charge in [0.05, 0.1) is 5.57 Å². The molecule has 2 amide bonds. The Morgan fingerprint density at radius 2 is 1.67 bits per heavy atom. The molecule has 6 heteroatoms. The van der Waals surface area contributed by atoms with E-state index in [9.17, 15) is 9.59 Å². The molecular weight excluding hydrogens is 400 g/mol. The molecular formula is C24H21ClN2O3. The molecule has 1 aliphatic heterocycles. The Labute approximate surface area is 179 Å². The lowest BCUT2D eigenvalue weighted by Crippen LogP contribution is -2.33. The summed E-state index contributed by atoms with van der Waals surface area (Å²) in [4.78, 5) is 27.7. The van der Waals surface area contributed by atoms with Gasteiger partial charge in [-0.15, -0.1) is 0 Å². The van der Waals surface area contributed by atoms with Crippen molar-refractivity contribution in [1.29, 1.82) is 0 Å². The Morgan fingerprint density at radius 1 is 0.933 bits per heavy atom. The van der Waals surface area contributed by atoms with Crippen LogP contribution in [0.2, 0.25) is 5.02 Å². The molecule has 0 bridgehead atoms. The van der Waals surface area contributed by atoms with Crippen LogP contribution in [0.15, 0.2) is 72.4 Å². The van der Waals surface area contributed by atoms with Crippen LogP contribution in [0.1, 0.15) is 12.0 Å². The smallest absolute Gasteiger partial charge is 0.278 e. The van der Waals surface area contributed by atoms with Crippen molar-refractivity contribution in [3.8, 4) is 0 Å². The van der Waals surface area contributed by atoms with Gasteiger partial charge in [-0.3, -0.25) is 14.5 Å². The average Bonchev–Trinajstić information content (AvgIpc) is 2.99. The number of rotatable bonds is 7. The maximum atomic E-state index is 13.2. The summed E-state index contributed by atoms with van der Waals surface area (Å²) in [5.74, 6) is -0.657. The molecule has 5 nitrogen and oxygen atoms in total. The highest BCUT2D eigenvalue weighted by molar-refractivity contribution is 6.37. The SMILES string of the molecule is COCCCN1C(=O)C(Nc2cccc3ccccc23)=C(c2ccc(Cl)cc2)C1=O. The van der Waals surface area contributed by atoms with E-state index in [0.29, 0.717) is 35.7 Å². The van der Waals surface area contributed by atoms with Crippen LogP contribution in [-0.4, -0.2) is 37.0 Å². The van der Waals surface area contributed by atoms with Gasteiger partial charge < -0.3 is 10.1 Å². The molecule has 0 saturated carbocycles. The van der Waals surface area contributed by atoms with Crippen molar-refractivity contribution in [2.75, 3.05) is 25.6 Å². The van der Waals surface area contributed by atoms with Crippen molar-refractivity contribution in [3.05, 3.63) is 83.0 Å². The van der Waals surface area contributed by atoms with Gasteiger partial charge in [-0.05, 0) is 35.6 Å². The van der Waals surface area contributed by atoms with Gasteiger partial charge in [0.2, 0.25) is 0 Å². The molecule has 3 aromatic carbocycles. The summed E-state index contributed by atoms with van der Waals surface area (Å²) in [5, 5.41) is 5.84. The quantitative estimate of drug-likeness (QED) is 0.443. The van der Waals surface area contributed by atoms with E-state index in [1.165, 1.54) is 4.90 Å². The number of benzene rings is 3. The molecule has 1 aliphatic rings. The molecule has 0 radical (unpaired) electrons. The van der Waals surface area contributed by atoms with E-state index < -0.39 is 0 Å². The van der Waals surface area contributed by atoms with Crippen LogP contribution in [0.4, 0.5) is 5.69 Å². The van der Waals surface area contributed by atoms with Crippen LogP contribution in [0.3, 0.4) is 0 Å². The van der Waals surface area contributed by atoms with Crippen LogP contribution >= 0.6 is 11.6 Å². The highest BCUT2D eigenvalue weighted by Crippen LogP contribution is 2.33. The predicted molar refractivity (Wildman–Crippen MR) is 119 cm³/mol. The normalized spacial score (nSPS) is 14.1. The number of methoxy groups -OCH3 is 1. The maximum absolute atomic E-state index is 13.2. The van der Waals surface area contributed by atoms with Crippen molar-refractivity contribution < 1.29 is 14.3 Å². The Bertz CT molecular complexity index is 1130. The van der Waals surface area contributed by atoms with Crippen LogP contribution < -0.4 is 5.32 Å². The molecule has 0 saturated heterocycles. The van der Waals surface area contributed by atoms with E-state index in [1.807, 2.05) is 42.5 Å². The fourth-order valence-electron chi connectivity index (χ4n) is 3.62. The molecule has 0 atom stereocenters. The predicted octanol–water partition coefficient (Wildman–Crippen LogP) is 4.72. The highest BCUT2D eigenvalue weighted by Gasteiger charge is 2.39. The summed E-state index contributed by atoms with van der Waals surface area (Å²) in [6, 6.07) is 20.7. The van der Waals surface area contributed by atoms with E-state index in [0.717, 1.165) is 16.5 Å². The Kier molecular flexibility index (Phi) is 5.84. The number of ether oxygens (including phenoxy) is 1. The number of nitrogens with one attached hydrogen (secondary N) is 1. The lowest BCUT2D eigenvalue weighted by Gasteiger charge is -2.15. The van der Waals surface area contributed by atoms with E-state index in [2.05, 4.69) is 5.32 Å². The number of halogens is 1. The van der Waals surface area contributed by atoms with Crippen LogP contribution in [0.25, 0.3) is 16.3 Å². The van der Waals surface area contributed by atoms with Gasteiger partial charge in [-0.25, -0.2) is 0 Å². The zero-order valence-corrected chi connectivity index (χ0v) is 17.3. The second kappa shape index (κ2) is 8.69. The molecule has 0 unspecified atom stereocenters. The molecule has 30 heavy (non-hydrogen) atoms. The second-order valence-electron chi connectivity index (χ2n) is 7.02. The molecule has 3 aromatic rings. The number of amides is 2. The fraction of sp³-hybridized carbons (Fsp3) is 0.167. The van der Waals surface area contributed by atoms with Gasteiger partial charge in [0.15, 0.2) is 0 Å². The number of carbonyl (C=O) groups is 2. The zero-order chi connectivity index (χ0) is 21.1. The first-order valence-electron chi connectivity index (χ1n) is 9.70. The first-order chi connectivity index (χ1) is 14.6. The zero-order valence-electron chi connectivity index (χ0n) is 16.5. The van der Waals surface area contributed by atoms with Crippen LogP contribution in [0.5, 0.6) is 0 Å². The van der Waals surface area contributed by atoms with Crippen molar-refractivity contribution in [3.63, 3.8) is 0 Å². The van der Waals surface area contributed by atoms with Gasteiger partial charge >= 0.3 is 0 Å². The minimum absolute atomic E-state index is 0.274. The molecule has 1 heterocycles. The molecule has 4 rings (SSSR count). The van der Waals surface area contributed by atoms with Crippen molar-refractivity contribution in [2.24, 2.45) is 0 Å². The number of carbonyl (C=O) groups excluding carboxylic acids is 2. The van der Waals surface area contributed by atoms with Gasteiger partial charge in [0.25, 0.3) is 11.8 Å². The Balaban J connectivity index is 1.77. The largest absolute Gasteiger partial charge is 0.385 e. The Morgan fingerprint density at radius 3 is 2.43 bits per heavy atom. The Hall–Kier alpha value is -3.15. The van der Waals surface area contributed by atoms with Crippen molar-refractivity contribution in [1.82, 2.24) is 4.90 Å². The summed E-state index contributed by atoms with van der Waals surface area (Å²) in [7, 11) is 1.60. The molecule has 0 spiro atoms. The summed E-state index contributed by atoms with van der Waals surface area (Å²) in [5.41, 5.74) is 2.04. The van der Waals surface area contributed by atoms with E-state index in [4.69, 9.17) is 16.3 Å². The van der Waals surface area contributed by atoms with Gasteiger partial charge in [-0.2, -0.15) is 0 Å². The standard InChI is InChI=1S/C24H21ClN2O3/c1-30-15-5-14-27-23(28)21(17-10-12-18(25)13-11-17)22(24(27)29)26-20-9-4-7-16-6-2-3-8-19(16)20/h2-4,6-13,26H,5,14-15H2,1H3. The minimum atomic E-state index is -0.339. The summed E-state index contributed by atoms with van der Waals surface area (Å²) < 4.78 is 5.07. The number of hydrogen-bond acceptors (Lipinski definition) is 4. The number of nitrogens with zero attached hydrogens (tertiary/aromatic N) is 1. The summed E-state index contributed by atoms with van der Waals surface area (Å²) >= 11 is 6.02. The second-order valence-corrected chi connectivity index (χ2v) is 7.45. The maximum Gasteiger partial charge on any atom is 0.278 e. The molecule has 152 valence electrons. The lowest BCUT2D eigenvalue weighted by atomic mass is 10.0. The first-order valence-corrected chi connectivity index (χ1v) is 10.1. The lowest BCUT2D eigenvalue weighted by molar-refractivity contribution is -0.136. The van der Waals surface area contributed by atoms with Crippen molar-refractivity contribution in [2.45, 2.75) is 6.42 Å². The third-order valence-corrected chi connectivity index (χ3v) is 5.33. The van der Waals surface area contributed by atoms with Crippen molar-refractivity contribution >= 4 is 45.4 Å². The summed E-state index contributed by atoms with van der Waals surface area (Å²) in [6.07, 6.45) is 0.573. The number of anilines is 1. The van der Waals surface area contributed by atoms with E-state index >= 15 is 0 Å². The van der Waals surface area contributed by atoms with Gasteiger partial charge in [0, 0.05) is 36.4 Å². The fourth-order valence-corrected chi connectivity index (χ4v) is 3.74. The first kappa shape index (κ1) is 20.1. The third kappa shape index (κ3) is 3.82. The number of hydrogen-bond donors (Lipinski definition) is 1. The minimum Gasteiger partial charge on any atom is -0.385 e. The summed E-state index contributed by atoms with van der Waals surface area (Å²) in [6.45, 7) is 0.767. The third-order valence-electron chi connectivity index (χ3n) is 5.08. The van der Waals surface area contributed by atoms with Crippen LogP contribution in [0, 0.1) is 0 Å². The molecule has 0 aromatic heterocycles. The monoisotopic (exact) mass is 420 g/mol. The molecule has 0 fully saturated rings. The topological polar surface area (TPSA) is 58.6 Å².